The Morgan fingerprint density at radius 3 is 2.76 bits per heavy atom. The average molecular weight is 286 g/mol. The van der Waals surface area contributed by atoms with E-state index in [0.717, 1.165) is 10.8 Å². The Morgan fingerprint density at radius 2 is 2.05 bits per heavy atom. The molecule has 1 aromatic carbocycles. The number of aliphatic hydroxyl groups is 1. The molecule has 1 aliphatic heterocycles. The Hall–Kier alpha value is -2.14. The minimum absolute atomic E-state index is 0.106. The smallest absolute Gasteiger partial charge is 0.272 e. The lowest BCUT2D eigenvalue weighted by atomic mass is 10.1. The summed E-state index contributed by atoms with van der Waals surface area (Å²) in [5, 5.41) is 11.4. The second-order valence-electron chi connectivity index (χ2n) is 5.26. The van der Waals surface area contributed by atoms with Gasteiger partial charge >= 0.3 is 0 Å². The number of pyridine rings is 1. The Kier molecular flexibility index (Phi) is 3.75. The van der Waals surface area contributed by atoms with Crippen LogP contribution in [-0.4, -0.2) is 47.2 Å². The van der Waals surface area contributed by atoms with E-state index in [0.29, 0.717) is 37.5 Å². The van der Waals surface area contributed by atoms with Gasteiger partial charge in [0.2, 0.25) is 5.88 Å². The maximum Gasteiger partial charge on any atom is 0.272 e. The van der Waals surface area contributed by atoms with Crippen LogP contribution in [0.5, 0.6) is 5.88 Å². The van der Waals surface area contributed by atoms with Crippen molar-refractivity contribution in [3.8, 4) is 5.88 Å². The molecule has 0 aliphatic carbocycles. The quantitative estimate of drug-likeness (QED) is 0.915. The largest absolute Gasteiger partial charge is 0.481 e. The number of amides is 1. The first-order valence-electron chi connectivity index (χ1n) is 7.10. The lowest BCUT2D eigenvalue weighted by Crippen LogP contribution is -2.40. The standard InChI is InChI=1S/C16H18N2O3/c1-21-15-13-5-3-2-4-11(13)10-14(17-15)16(20)18-8-6-12(19)7-9-18/h2-5,10,12,19H,6-9H2,1H3. The van der Waals surface area contributed by atoms with Crippen LogP contribution in [0.25, 0.3) is 10.8 Å². The zero-order valence-corrected chi connectivity index (χ0v) is 12.0. The van der Waals surface area contributed by atoms with Crippen molar-refractivity contribution in [2.45, 2.75) is 18.9 Å². The van der Waals surface area contributed by atoms with E-state index in [2.05, 4.69) is 4.98 Å². The minimum atomic E-state index is -0.298. The highest BCUT2D eigenvalue weighted by atomic mass is 16.5. The van der Waals surface area contributed by atoms with Crippen LogP contribution in [0.2, 0.25) is 0 Å². The summed E-state index contributed by atoms with van der Waals surface area (Å²) in [5.74, 6) is 0.361. The lowest BCUT2D eigenvalue weighted by Gasteiger charge is -2.29. The van der Waals surface area contributed by atoms with Crippen LogP contribution >= 0.6 is 0 Å². The van der Waals surface area contributed by atoms with Crippen LogP contribution in [0.1, 0.15) is 23.3 Å². The molecular formula is C16H18N2O3. The van der Waals surface area contributed by atoms with Gasteiger partial charge in [0, 0.05) is 18.5 Å². The molecule has 0 radical (unpaired) electrons. The molecule has 110 valence electrons. The van der Waals surface area contributed by atoms with Crippen LogP contribution in [-0.2, 0) is 0 Å². The number of rotatable bonds is 2. The summed E-state index contributed by atoms with van der Waals surface area (Å²) < 4.78 is 5.30. The van der Waals surface area contributed by atoms with Gasteiger partial charge < -0.3 is 14.7 Å². The maximum atomic E-state index is 12.5. The van der Waals surface area contributed by atoms with Crippen molar-refractivity contribution in [1.29, 1.82) is 0 Å². The van der Waals surface area contributed by atoms with Gasteiger partial charge in [0.25, 0.3) is 5.91 Å². The lowest BCUT2D eigenvalue weighted by molar-refractivity contribution is 0.0541. The highest BCUT2D eigenvalue weighted by molar-refractivity contribution is 5.98. The van der Waals surface area contributed by atoms with Gasteiger partial charge in [-0.3, -0.25) is 4.79 Å². The number of hydrogen-bond donors (Lipinski definition) is 1. The van der Waals surface area contributed by atoms with Gasteiger partial charge in [-0.25, -0.2) is 4.98 Å². The van der Waals surface area contributed by atoms with Crippen molar-refractivity contribution in [2.24, 2.45) is 0 Å². The van der Waals surface area contributed by atoms with Crippen molar-refractivity contribution in [3.63, 3.8) is 0 Å². The Labute approximate surface area is 123 Å². The van der Waals surface area contributed by atoms with Crippen LogP contribution in [0, 0.1) is 0 Å². The average Bonchev–Trinajstić information content (AvgIpc) is 2.53. The molecule has 0 spiro atoms. The van der Waals surface area contributed by atoms with Crippen LogP contribution < -0.4 is 4.74 Å². The first kappa shape index (κ1) is 13.8. The molecule has 0 atom stereocenters. The fourth-order valence-electron chi connectivity index (χ4n) is 2.66. The van der Waals surface area contributed by atoms with E-state index >= 15 is 0 Å². The number of carbonyl (C=O) groups excluding carboxylic acids is 1. The molecule has 3 rings (SSSR count). The van der Waals surface area contributed by atoms with Crippen molar-refractivity contribution >= 4 is 16.7 Å². The van der Waals surface area contributed by atoms with Gasteiger partial charge in [-0.2, -0.15) is 0 Å². The minimum Gasteiger partial charge on any atom is -0.481 e. The van der Waals surface area contributed by atoms with Crippen molar-refractivity contribution in [2.75, 3.05) is 20.2 Å². The van der Waals surface area contributed by atoms with E-state index in [1.54, 1.807) is 18.1 Å². The highest BCUT2D eigenvalue weighted by Crippen LogP contribution is 2.25. The first-order chi connectivity index (χ1) is 10.2. The Bertz CT molecular complexity index is 664. The summed E-state index contributed by atoms with van der Waals surface area (Å²) in [6.45, 7) is 1.13. The number of benzene rings is 1. The number of aromatic nitrogens is 1. The number of ether oxygens (including phenoxy) is 1. The van der Waals surface area contributed by atoms with Crippen molar-refractivity contribution in [1.82, 2.24) is 9.88 Å². The number of piperidine rings is 1. The summed E-state index contributed by atoms with van der Waals surface area (Å²) in [6, 6.07) is 9.50. The van der Waals surface area contributed by atoms with Crippen LogP contribution in [0.3, 0.4) is 0 Å². The van der Waals surface area contributed by atoms with E-state index in [-0.39, 0.29) is 12.0 Å². The van der Waals surface area contributed by atoms with Crippen LogP contribution in [0.15, 0.2) is 30.3 Å². The van der Waals surface area contributed by atoms with E-state index in [4.69, 9.17) is 4.74 Å². The van der Waals surface area contributed by atoms with Gasteiger partial charge in [-0.15, -0.1) is 0 Å². The van der Waals surface area contributed by atoms with Crippen molar-refractivity contribution < 1.29 is 14.6 Å². The maximum absolute atomic E-state index is 12.5. The molecule has 1 amide bonds. The SMILES string of the molecule is COc1nc(C(=O)N2CCC(O)CC2)cc2ccccc12. The molecular weight excluding hydrogens is 268 g/mol. The number of likely N-dealkylation sites (tertiary alicyclic amines) is 1. The van der Waals surface area contributed by atoms with Crippen LogP contribution in [0.4, 0.5) is 0 Å². The normalized spacial score (nSPS) is 16.2. The highest BCUT2D eigenvalue weighted by Gasteiger charge is 2.24. The van der Waals surface area contributed by atoms with E-state index < -0.39 is 0 Å². The molecule has 0 unspecified atom stereocenters. The van der Waals surface area contributed by atoms with E-state index in [1.807, 2.05) is 24.3 Å². The summed E-state index contributed by atoms with van der Waals surface area (Å²) >= 11 is 0. The van der Waals surface area contributed by atoms with Gasteiger partial charge in [0.05, 0.1) is 13.2 Å². The Morgan fingerprint density at radius 1 is 1.33 bits per heavy atom. The second kappa shape index (κ2) is 5.69. The number of carbonyl (C=O) groups is 1. The predicted octanol–water partition coefficient (Wildman–Crippen LogP) is 1.84. The molecule has 1 N–H and O–H groups in total. The molecule has 1 aromatic heterocycles. The topological polar surface area (TPSA) is 62.7 Å². The zero-order chi connectivity index (χ0) is 14.8. The van der Waals surface area contributed by atoms with E-state index in [9.17, 15) is 9.90 Å². The molecule has 2 heterocycles. The first-order valence-corrected chi connectivity index (χ1v) is 7.10. The zero-order valence-electron chi connectivity index (χ0n) is 12.0. The summed E-state index contributed by atoms with van der Waals surface area (Å²) in [6.07, 6.45) is 0.945. The van der Waals surface area contributed by atoms with Gasteiger partial charge in [0.15, 0.2) is 0 Å². The van der Waals surface area contributed by atoms with E-state index in [1.165, 1.54) is 0 Å². The molecule has 0 bridgehead atoms. The molecule has 2 aromatic rings. The third-order valence-electron chi connectivity index (χ3n) is 3.87. The molecule has 5 nitrogen and oxygen atoms in total. The summed E-state index contributed by atoms with van der Waals surface area (Å²) in [7, 11) is 1.56. The molecule has 0 saturated carbocycles. The van der Waals surface area contributed by atoms with Gasteiger partial charge in [-0.05, 0) is 30.4 Å². The Balaban J connectivity index is 1.94. The number of nitrogens with zero attached hydrogens (tertiary/aromatic N) is 2. The molecule has 5 heteroatoms. The summed E-state index contributed by atoms with van der Waals surface area (Å²) in [4.78, 5) is 18.6. The predicted molar refractivity (Wildman–Crippen MR) is 79.4 cm³/mol. The number of aliphatic hydroxyl groups excluding tert-OH is 1. The molecule has 1 aliphatic rings. The monoisotopic (exact) mass is 286 g/mol. The summed E-state index contributed by atoms with van der Waals surface area (Å²) in [5.41, 5.74) is 0.391. The molecule has 1 saturated heterocycles. The third kappa shape index (κ3) is 2.69. The third-order valence-corrected chi connectivity index (χ3v) is 3.87. The molecule has 21 heavy (non-hydrogen) atoms. The van der Waals surface area contributed by atoms with Crippen molar-refractivity contribution in [3.05, 3.63) is 36.0 Å². The number of fused-ring (bicyclic) bond motifs is 1. The second-order valence-corrected chi connectivity index (χ2v) is 5.26. The fourth-order valence-corrected chi connectivity index (χ4v) is 2.66. The number of methoxy groups -OCH3 is 1. The van der Waals surface area contributed by atoms with Gasteiger partial charge in [-0.1, -0.05) is 18.2 Å². The van der Waals surface area contributed by atoms with Gasteiger partial charge in [0.1, 0.15) is 5.69 Å². The fraction of sp³-hybridized carbons (Fsp3) is 0.375. The molecule has 1 fully saturated rings. The number of hydrogen-bond acceptors (Lipinski definition) is 4.